The van der Waals surface area contributed by atoms with Crippen LogP contribution in [0.15, 0.2) is 11.6 Å². The Bertz CT molecular complexity index is 788. The number of aryl methyl sites for hydroxylation is 1. The number of aromatic nitrogens is 1. The van der Waals surface area contributed by atoms with Crippen LogP contribution in [0.25, 0.3) is 6.08 Å². The number of methoxy groups -OCH3 is 1. The Morgan fingerprint density at radius 2 is 2.04 bits per heavy atom. The van der Waals surface area contributed by atoms with Gasteiger partial charge in [0.05, 0.1) is 6.61 Å². The zero-order valence-corrected chi connectivity index (χ0v) is 16.1. The lowest BCUT2D eigenvalue weighted by atomic mass is 10.1. The van der Waals surface area contributed by atoms with Crippen molar-refractivity contribution in [3.8, 4) is 6.07 Å². The van der Waals surface area contributed by atoms with E-state index < -0.39 is 24.0 Å². The number of imide groups is 1. The van der Waals surface area contributed by atoms with Crippen LogP contribution < -0.4 is 10.6 Å². The van der Waals surface area contributed by atoms with Crippen LogP contribution in [0.2, 0.25) is 0 Å². The smallest absolute Gasteiger partial charge is 0.349 e. The van der Waals surface area contributed by atoms with Crippen molar-refractivity contribution >= 4 is 24.0 Å². The van der Waals surface area contributed by atoms with E-state index in [-0.39, 0.29) is 5.57 Å². The highest BCUT2D eigenvalue weighted by Crippen LogP contribution is 2.19. The van der Waals surface area contributed by atoms with Gasteiger partial charge in [0.1, 0.15) is 11.6 Å². The molecule has 0 saturated heterocycles. The first kappa shape index (κ1) is 21.9. The summed E-state index contributed by atoms with van der Waals surface area (Å²) in [6.07, 6.45) is 0.179. The minimum absolute atomic E-state index is 0.249. The van der Waals surface area contributed by atoms with Gasteiger partial charge in [-0.2, -0.15) is 5.26 Å². The number of urea groups is 1. The minimum Gasteiger partial charge on any atom is -0.448 e. The molecule has 1 atom stereocenters. The Balaban J connectivity index is 2.94. The van der Waals surface area contributed by atoms with Gasteiger partial charge in [0, 0.05) is 32.1 Å². The number of nitriles is 1. The Labute approximate surface area is 157 Å². The summed E-state index contributed by atoms with van der Waals surface area (Å²) in [6.45, 7) is 6.27. The second-order valence-electron chi connectivity index (χ2n) is 5.76. The Hall–Kier alpha value is -3.12. The van der Waals surface area contributed by atoms with E-state index in [9.17, 15) is 19.6 Å². The fourth-order valence-corrected chi connectivity index (χ4v) is 2.35. The van der Waals surface area contributed by atoms with Crippen molar-refractivity contribution in [1.29, 1.82) is 5.26 Å². The number of carbonyl (C=O) groups excluding carboxylic acids is 3. The van der Waals surface area contributed by atoms with Gasteiger partial charge in [-0.15, -0.1) is 0 Å². The molecule has 9 nitrogen and oxygen atoms in total. The maximum absolute atomic E-state index is 12.2. The highest BCUT2D eigenvalue weighted by molar-refractivity contribution is 6.01. The average Bonchev–Trinajstić information content (AvgIpc) is 2.90. The second-order valence-corrected chi connectivity index (χ2v) is 5.76. The van der Waals surface area contributed by atoms with Crippen LogP contribution in [-0.4, -0.2) is 49.3 Å². The van der Waals surface area contributed by atoms with Crippen molar-refractivity contribution < 1.29 is 23.9 Å². The summed E-state index contributed by atoms with van der Waals surface area (Å²) >= 11 is 0. The predicted octanol–water partition coefficient (Wildman–Crippen LogP) is 1.05. The Morgan fingerprint density at radius 1 is 1.37 bits per heavy atom. The third kappa shape index (κ3) is 5.97. The maximum atomic E-state index is 12.2. The molecule has 1 heterocycles. The largest absolute Gasteiger partial charge is 0.448 e. The molecule has 27 heavy (non-hydrogen) atoms. The van der Waals surface area contributed by atoms with E-state index in [1.807, 2.05) is 29.8 Å². The summed E-state index contributed by atoms with van der Waals surface area (Å²) in [5.41, 5.74) is 2.27. The standard InChI is InChI=1S/C18H24N4O5/c1-11-8-14(12(2)22(11)6-7-26-5)9-15(10-19)17(24)27-13(3)16(23)21-18(25)20-4/h8-9,13H,6-7H2,1-5H3,(H2,20,21,23,25)/b15-9+/t13-/m0/s1. The van der Waals surface area contributed by atoms with Crippen LogP contribution in [-0.2, 0) is 25.6 Å². The van der Waals surface area contributed by atoms with Gasteiger partial charge in [-0.3, -0.25) is 10.1 Å². The molecule has 0 radical (unpaired) electrons. The van der Waals surface area contributed by atoms with Gasteiger partial charge in [-0.05, 0) is 38.5 Å². The van der Waals surface area contributed by atoms with Gasteiger partial charge in [0.15, 0.2) is 6.10 Å². The molecular weight excluding hydrogens is 352 g/mol. The van der Waals surface area contributed by atoms with Crippen LogP contribution in [0, 0.1) is 25.2 Å². The van der Waals surface area contributed by atoms with Crippen molar-refractivity contribution in [2.45, 2.75) is 33.4 Å². The molecule has 0 unspecified atom stereocenters. The van der Waals surface area contributed by atoms with Crippen LogP contribution in [0.1, 0.15) is 23.9 Å². The normalized spacial score (nSPS) is 12.1. The number of amides is 3. The van der Waals surface area contributed by atoms with Gasteiger partial charge in [0.2, 0.25) is 0 Å². The molecule has 146 valence electrons. The predicted molar refractivity (Wildman–Crippen MR) is 97.5 cm³/mol. The summed E-state index contributed by atoms with van der Waals surface area (Å²) in [5, 5.41) is 13.5. The summed E-state index contributed by atoms with van der Waals surface area (Å²) in [6, 6.07) is 2.91. The quantitative estimate of drug-likeness (QED) is 0.417. The summed E-state index contributed by atoms with van der Waals surface area (Å²) in [7, 11) is 2.96. The van der Waals surface area contributed by atoms with Gasteiger partial charge < -0.3 is 19.4 Å². The molecule has 1 rings (SSSR count). The zero-order valence-electron chi connectivity index (χ0n) is 16.1. The van der Waals surface area contributed by atoms with E-state index in [1.54, 1.807) is 13.2 Å². The summed E-state index contributed by atoms with van der Waals surface area (Å²) in [4.78, 5) is 35.1. The maximum Gasteiger partial charge on any atom is 0.349 e. The molecule has 2 N–H and O–H groups in total. The second kappa shape index (κ2) is 10.1. The molecule has 3 amide bonds. The summed E-state index contributed by atoms with van der Waals surface area (Å²) in [5.74, 6) is -1.74. The molecule has 0 fully saturated rings. The topological polar surface area (TPSA) is 122 Å². The highest BCUT2D eigenvalue weighted by Gasteiger charge is 2.22. The first-order valence-corrected chi connectivity index (χ1v) is 8.26. The third-order valence-electron chi connectivity index (χ3n) is 3.89. The number of hydrogen-bond donors (Lipinski definition) is 2. The number of rotatable bonds is 7. The molecule has 1 aromatic rings. The molecule has 0 aliphatic rings. The van der Waals surface area contributed by atoms with E-state index >= 15 is 0 Å². The van der Waals surface area contributed by atoms with Crippen molar-refractivity contribution in [3.63, 3.8) is 0 Å². The van der Waals surface area contributed by atoms with Crippen LogP contribution in [0.4, 0.5) is 4.79 Å². The van der Waals surface area contributed by atoms with Gasteiger partial charge in [-0.1, -0.05) is 0 Å². The van der Waals surface area contributed by atoms with Crippen molar-refractivity contribution in [1.82, 2.24) is 15.2 Å². The SMILES string of the molecule is CNC(=O)NC(=O)[C@H](C)OC(=O)/C(C#N)=C/c1cc(C)n(CCOC)c1C. The lowest BCUT2D eigenvalue weighted by molar-refractivity contribution is -0.150. The molecule has 0 aromatic carbocycles. The van der Waals surface area contributed by atoms with E-state index in [1.165, 1.54) is 20.0 Å². The van der Waals surface area contributed by atoms with Crippen LogP contribution in [0.3, 0.4) is 0 Å². The molecule has 0 saturated carbocycles. The van der Waals surface area contributed by atoms with E-state index in [0.717, 1.165) is 11.4 Å². The van der Waals surface area contributed by atoms with Crippen molar-refractivity contribution in [3.05, 3.63) is 28.6 Å². The molecule has 9 heteroatoms. The highest BCUT2D eigenvalue weighted by atomic mass is 16.5. The van der Waals surface area contributed by atoms with Crippen LogP contribution >= 0.6 is 0 Å². The first-order chi connectivity index (χ1) is 12.7. The lowest BCUT2D eigenvalue weighted by Gasteiger charge is -2.12. The molecule has 0 spiro atoms. The Morgan fingerprint density at radius 3 is 2.59 bits per heavy atom. The van der Waals surface area contributed by atoms with E-state index in [0.29, 0.717) is 18.7 Å². The average molecular weight is 376 g/mol. The van der Waals surface area contributed by atoms with Gasteiger partial charge in [-0.25, -0.2) is 9.59 Å². The fourth-order valence-electron chi connectivity index (χ4n) is 2.35. The molecule has 0 aliphatic carbocycles. The molecule has 0 bridgehead atoms. The number of carbonyl (C=O) groups is 3. The van der Waals surface area contributed by atoms with Crippen molar-refractivity contribution in [2.75, 3.05) is 20.8 Å². The van der Waals surface area contributed by atoms with E-state index in [4.69, 9.17) is 9.47 Å². The van der Waals surface area contributed by atoms with E-state index in [2.05, 4.69) is 5.32 Å². The monoisotopic (exact) mass is 376 g/mol. The first-order valence-electron chi connectivity index (χ1n) is 8.26. The number of hydrogen-bond acceptors (Lipinski definition) is 6. The molecular formula is C18H24N4O5. The van der Waals surface area contributed by atoms with Crippen LogP contribution in [0.5, 0.6) is 0 Å². The molecule has 1 aromatic heterocycles. The fraction of sp³-hybridized carbons (Fsp3) is 0.444. The Kier molecular flexibility index (Phi) is 8.23. The number of nitrogens with one attached hydrogen (secondary N) is 2. The minimum atomic E-state index is -1.24. The zero-order chi connectivity index (χ0) is 20.6. The van der Waals surface area contributed by atoms with Gasteiger partial charge >= 0.3 is 12.0 Å². The van der Waals surface area contributed by atoms with Gasteiger partial charge in [0.25, 0.3) is 5.91 Å². The van der Waals surface area contributed by atoms with Crippen molar-refractivity contribution in [2.24, 2.45) is 0 Å². The third-order valence-corrected chi connectivity index (χ3v) is 3.89. The lowest BCUT2D eigenvalue weighted by Crippen LogP contribution is -2.43. The number of ether oxygens (including phenoxy) is 2. The summed E-state index contributed by atoms with van der Waals surface area (Å²) < 4.78 is 12.1. The number of nitrogens with zero attached hydrogens (tertiary/aromatic N) is 2. The molecule has 0 aliphatic heterocycles. The number of esters is 1.